The fraction of sp³-hybridized carbons (Fsp3) is 0.900. The molecule has 2 aliphatic rings. The van der Waals surface area contributed by atoms with Gasteiger partial charge < -0.3 is 0 Å². The first kappa shape index (κ1) is 10.5. The van der Waals surface area contributed by atoms with Crippen molar-refractivity contribution in [2.24, 2.45) is 5.41 Å². The third kappa shape index (κ3) is 2.46. The second kappa shape index (κ2) is 4.60. The van der Waals surface area contributed by atoms with Crippen LogP contribution in [0.4, 0.5) is 0 Å². The van der Waals surface area contributed by atoms with Gasteiger partial charge in [-0.3, -0.25) is 0 Å². The van der Waals surface area contributed by atoms with Crippen molar-refractivity contribution < 1.29 is 19.2 Å². The molecule has 0 bridgehead atoms. The van der Waals surface area contributed by atoms with Crippen molar-refractivity contribution in [2.45, 2.75) is 33.1 Å². The van der Waals surface area contributed by atoms with Crippen LogP contribution in [0.1, 0.15) is 33.1 Å². The van der Waals surface area contributed by atoms with E-state index in [1.807, 2.05) is 13.8 Å². The predicted octanol–water partition coefficient (Wildman–Crippen LogP) is 2.00. The van der Waals surface area contributed by atoms with Crippen molar-refractivity contribution in [3.8, 4) is 4.20 Å². The number of nitrogens with zero attached hydrogens (tertiary/aromatic N) is 1. The third-order valence-electron chi connectivity index (χ3n) is 2.76. The summed E-state index contributed by atoms with van der Waals surface area (Å²) in [6.45, 7) is 7.82. The van der Waals surface area contributed by atoms with Crippen LogP contribution in [0.3, 0.4) is 0 Å². The van der Waals surface area contributed by atoms with Gasteiger partial charge in [-0.2, -0.15) is 0 Å². The zero-order valence-corrected chi connectivity index (χ0v) is 11.0. The molecule has 2 heteroatoms. The molecule has 1 nitrogen and oxygen atoms in total. The average Bonchev–Trinajstić information content (AvgIpc) is 2.73. The van der Waals surface area contributed by atoms with Crippen LogP contribution in [0.15, 0.2) is 0 Å². The molecule has 0 N–H and O–H groups in total. The van der Waals surface area contributed by atoms with Crippen molar-refractivity contribution in [1.29, 1.82) is 0 Å². The normalized spacial score (nSPS) is 24.4. The van der Waals surface area contributed by atoms with E-state index in [0.717, 1.165) is 12.0 Å². The molecule has 0 atom stereocenters. The topological polar surface area (TPSA) is 3.24 Å². The Bertz CT molecular complexity index is 179. The molecule has 2 fully saturated rings. The van der Waals surface area contributed by atoms with E-state index < -0.39 is 0 Å². The molecule has 1 saturated carbocycles. The maximum absolute atomic E-state index is 3.28. The van der Waals surface area contributed by atoms with Gasteiger partial charge >= 0.3 is 72.6 Å². The molecule has 12 heavy (non-hydrogen) atoms. The maximum atomic E-state index is 3.28. The summed E-state index contributed by atoms with van der Waals surface area (Å²) in [5, 5.41) is 0. The number of likely N-dealkylation sites (tertiary alicyclic amines) is 1. The molecule has 69 valence electrons. The van der Waals surface area contributed by atoms with Crippen LogP contribution in [0, 0.1) is 9.62 Å². The van der Waals surface area contributed by atoms with Gasteiger partial charge in [0.15, 0.2) is 0 Å². The second-order valence-electron chi connectivity index (χ2n) is 3.60. The van der Waals surface area contributed by atoms with Crippen LogP contribution in [0.2, 0.25) is 0 Å². The van der Waals surface area contributed by atoms with E-state index in [4.69, 9.17) is 0 Å². The van der Waals surface area contributed by atoms with Crippen molar-refractivity contribution >= 4 is 0 Å². The van der Waals surface area contributed by atoms with Crippen LogP contribution >= 0.6 is 0 Å². The van der Waals surface area contributed by atoms with Gasteiger partial charge in [-0.15, -0.1) is 0 Å². The molecule has 0 radical (unpaired) electrons. The fourth-order valence-corrected chi connectivity index (χ4v) is 2.49. The van der Waals surface area contributed by atoms with Crippen molar-refractivity contribution in [3.05, 3.63) is 0 Å². The van der Waals surface area contributed by atoms with Crippen molar-refractivity contribution in [2.75, 3.05) is 19.6 Å². The van der Waals surface area contributed by atoms with E-state index in [-0.39, 0.29) is 0 Å². The third-order valence-corrected chi connectivity index (χ3v) is 3.23. The van der Waals surface area contributed by atoms with Gasteiger partial charge in [0, 0.05) is 0 Å². The number of rotatable bonds is 1. The Morgan fingerprint density at radius 3 is 2.42 bits per heavy atom. The molecule has 1 spiro atoms. The summed E-state index contributed by atoms with van der Waals surface area (Å²) < 4.78 is 3.28. The van der Waals surface area contributed by atoms with Gasteiger partial charge in [-0.1, -0.05) is 13.8 Å². The van der Waals surface area contributed by atoms with Crippen LogP contribution in [0.25, 0.3) is 0 Å². The van der Waals surface area contributed by atoms with Gasteiger partial charge in [-0.05, 0) is 0 Å². The molecule has 0 aromatic heterocycles. The van der Waals surface area contributed by atoms with Gasteiger partial charge in [0.05, 0.1) is 0 Å². The number of hydrogen-bond acceptors (Lipinski definition) is 1. The van der Waals surface area contributed by atoms with Gasteiger partial charge in [0.1, 0.15) is 0 Å². The zero-order chi connectivity index (χ0) is 9.03. The first-order valence-electron chi connectivity index (χ1n) is 4.92. The first-order valence-corrected chi connectivity index (χ1v) is 6.39. The van der Waals surface area contributed by atoms with E-state index in [0.29, 0.717) is 0 Å². The van der Waals surface area contributed by atoms with Gasteiger partial charge in [0.2, 0.25) is 0 Å². The summed E-state index contributed by atoms with van der Waals surface area (Å²) >= 11 is 1.49. The molecule has 0 amide bonds. The molecule has 1 aliphatic heterocycles. The van der Waals surface area contributed by atoms with Crippen LogP contribution in [-0.2, 0) is 19.2 Å². The molecular weight excluding hydrogens is 318 g/mol. The van der Waals surface area contributed by atoms with Crippen LogP contribution in [-0.4, -0.2) is 24.5 Å². The van der Waals surface area contributed by atoms with Crippen LogP contribution < -0.4 is 0 Å². The molecule has 0 aromatic carbocycles. The second-order valence-corrected chi connectivity index (χ2v) is 4.64. The average molecular weight is 336 g/mol. The fourth-order valence-electron chi connectivity index (χ4n) is 1.84. The Morgan fingerprint density at radius 2 is 2.00 bits per heavy atom. The van der Waals surface area contributed by atoms with E-state index in [1.54, 1.807) is 0 Å². The molecule has 1 saturated heterocycles. The Labute approximate surface area is 86.5 Å². The Balaban J connectivity index is 0.000000336. The SMILES string of the molecule is CC.[W]#[C]CN1CCC2(CC2)C1. The van der Waals surface area contributed by atoms with E-state index >= 15 is 0 Å². The van der Waals surface area contributed by atoms with Crippen molar-refractivity contribution in [1.82, 2.24) is 4.90 Å². The number of hydrogen-bond donors (Lipinski definition) is 0. The van der Waals surface area contributed by atoms with E-state index in [2.05, 4.69) is 9.10 Å². The molecule has 0 aromatic rings. The zero-order valence-electron chi connectivity index (χ0n) is 8.10. The summed E-state index contributed by atoms with van der Waals surface area (Å²) in [7, 11) is 0. The summed E-state index contributed by atoms with van der Waals surface area (Å²) in [5.74, 6) is 0. The summed E-state index contributed by atoms with van der Waals surface area (Å²) in [5.41, 5.74) is 0.812. The minimum atomic E-state index is 0.812. The summed E-state index contributed by atoms with van der Waals surface area (Å²) in [4.78, 5) is 2.54. The molecule has 1 heterocycles. The monoisotopic (exact) mass is 336 g/mol. The Hall–Kier alpha value is 0.428. The summed E-state index contributed by atoms with van der Waals surface area (Å²) in [6, 6.07) is 0. The standard InChI is InChI=1S/C8H12N.C2H6.W/c1-2-9-6-5-8(7-9)3-4-8;1-2;/h2-7H2;1-2H3;. The van der Waals surface area contributed by atoms with E-state index in [1.165, 1.54) is 51.5 Å². The minimum absolute atomic E-state index is 0.812. The van der Waals surface area contributed by atoms with Gasteiger partial charge in [0.25, 0.3) is 0 Å². The quantitative estimate of drug-likeness (QED) is 0.708. The predicted molar refractivity (Wildman–Crippen MR) is 48.0 cm³/mol. The van der Waals surface area contributed by atoms with E-state index in [9.17, 15) is 0 Å². The molecule has 1 aliphatic carbocycles. The molecular formula is C10H18NW. The van der Waals surface area contributed by atoms with Crippen molar-refractivity contribution in [3.63, 3.8) is 0 Å². The first-order chi connectivity index (χ1) is 5.85. The summed E-state index contributed by atoms with van der Waals surface area (Å²) in [6.07, 6.45) is 4.46. The van der Waals surface area contributed by atoms with Gasteiger partial charge in [-0.25, -0.2) is 0 Å². The Kier molecular flexibility index (Phi) is 4.03. The molecule has 0 unspecified atom stereocenters. The molecule has 2 rings (SSSR count). The Morgan fingerprint density at radius 1 is 1.33 bits per heavy atom. The van der Waals surface area contributed by atoms with Crippen LogP contribution in [0.5, 0.6) is 0 Å².